The summed E-state index contributed by atoms with van der Waals surface area (Å²) in [5.74, 6) is -2.55. The van der Waals surface area contributed by atoms with Crippen LogP contribution in [0.2, 0.25) is 0 Å². The number of methoxy groups -OCH3 is 6. The van der Waals surface area contributed by atoms with E-state index < -0.39 is 39.6 Å². The summed E-state index contributed by atoms with van der Waals surface area (Å²) < 4.78 is 34.6. The Bertz CT molecular complexity index is 900. The highest BCUT2D eigenvalue weighted by atomic mass is 16.7. The van der Waals surface area contributed by atoms with Crippen molar-refractivity contribution >= 4 is 11.6 Å². The molecule has 0 aromatic carbocycles. The third-order valence-corrected chi connectivity index (χ3v) is 7.39. The zero-order valence-corrected chi connectivity index (χ0v) is 19.6. The molecule has 8 heteroatoms. The molecule has 4 atom stereocenters. The Labute approximate surface area is 188 Å². The molecule has 0 bridgehead atoms. The zero-order chi connectivity index (χ0) is 24.0. The molecule has 8 nitrogen and oxygen atoms in total. The highest BCUT2D eigenvalue weighted by Gasteiger charge is 3.01. The Morgan fingerprint density at radius 2 is 1.56 bits per heavy atom. The predicted molar refractivity (Wildman–Crippen MR) is 116 cm³/mol. The normalized spacial score (nSPS) is 37.4. The lowest BCUT2D eigenvalue weighted by Crippen LogP contribution is -2.68. The van der Waals surface area contributed by atoms with Gasteiger partial charge in [-0.1, -0.05) is 17.7 Å². The Balaban J connectivity index is 2.38. The number of carbonyl (C=O) groups excluding carboxylic acids is 2. The van der Waals surface area contributed by atoms with E-state index in [-0.39, 0.29) is 18.6 Å². The molecule has 0 N–H and O–H groups in total. The number of hydrogen-bond donors (Lipinski definition) is 0. The van der Waals surface area contributed by atoms with Gasteiger partial charge in [0.15, 0.2) is 22.6 Å². The molecular weight excluding hydrogens is 416 g/mol. The van der Waals surface area contributed by atoms with E-state index in [1.807, 2.05) is 0 Å². The lowest BCUT2D eigenvalue weighted by molar-refractivity contribution is -0.231. The molecule has 0 unspecified atom stereocenters. The molecule has 0 aromatic heterocycles. The van der Waals surface area contributed by atoms with Crippen LogP contribution in [0.3, 0.4) is 0 Å². The van der Waals surface area contributed by atoms with Gasteiger partial charge in [-0.05, 0) is 25.0 Å². The van der Waals surface area contributed by atoms with E-state index in [2.05, 4.69) is 13.2 Å². The smallest absolute Gasteiger partial charge is 0.252 e. The van der Waals surface area contributed by atoms with E-state index in [9.17, 15) is 9.59 Å². The summed E-state index contributed by atoms with van der Waals surface area (Å²) in [5.41, 5.74) is -5.10. The van der Waals surface area contributed by atoms with Gasteiger partial charge in [0.25, 0.3) is 5.79 Å². The third kappa shape index (κ3) is 2.34. The van der Waals surface area contributed by atoms with Crippen molar-refractivity contribution in [2.45, 2.75) is 41.9 Å². The average Bonchev–Trinajstić information content (AvgIpc) is 3.23. The lowest BCUT2D eigenvalue weighted by atomic mass is 9.70. The predicted octanol–water partition coefficient (Wildman–Crippen LogP) is 2.30. The maximum absolute atomic E-state index is 14.2. The number of carbonyl (C=O) groups is 2. The van der Waals surface area contributed by atoms with E-state index in [0.717, 1.165) is 5.57 Å². The number of rotatable bonds is 11. The lowest BCUT2D eigenvalue weighted by Gasteiger charge is -2.48. The van der Waals surface area contributed by atoms with Crippen LogP contribution >= 0.6 is 0 Å². The molecule has 0 heterocycles. The van der Waals surface area contributed by atoms with Crippen molar-refractivity contribution in [2.75, 3.05) is 42.7 Å². The number of fused-ring (bicyclic) bond motifs is 1. The molecule has 0 spiro atoms. The quantitative estimate of drug-likeness (QED) is 0.351. The van der Waals surface area contributed by atoms with Crippen LogP contribution in [0.5, 0.6) is 0 Å². The first-order valence-electron chi connectivity index (χ1n) is 10.3. The summed E-state index contributed by atoms with van der Waals surface area (Å²) in [6, 6.07) is 0. The van der Waals surface area contributed by atoms with E-state index >= 15 is 0 Å². The minimum Gasteiger partial charge on any atom is -0.493 e. The fourth-order valence-electron chi connectivity index (χ4n) is 6.26. The van der Waals surface area contributed by atoms with Crippen molar-refractivity contribution in [3.05, 3.63) is 48.8 Å². The molecule has 32 heavy (non-hydrogen) atoms. The van der Waals surface area contributed by atoms with Crippen LogP contribution in [0, 0.1) is 5.41 Å². The van der Waals surface area contributed by atoms with Crippen LogP contribution in [0.1, 0.15) is 19.3 Å². The van der Waals surface area contributed by atoms with Gasteiger partial charge in [0.05, 0.1) is 12.5 Å². The van der Waals surface area contributed by atoms with Gasteiger partial charge in [0.2, 0.25) is 11.6 Å². The van der Waals surface area contributed by atoms with Gasteiger partial charge < -0.3 is 28.4 Å². The molecule has 1 saturated carbocycles. The average molecular weight is 449 g/mol. The van der Waals surface area contributed by atoms with Gasteiger partial charge in [0.1, 0.15) is 0 Å². The van der Waals surface area contributed by atoms with Crippen molar-refractivity contribution in [3.63, 3.8) is 0 Å². The van der Waals surface area contributed by atoms with E-state index in [0.29, 0.717) is 6.42 Å². The monoisotopic (exact) mass is 448 g/mol. The minimum atomic E-state index is -1.74. The van der Waals surface area contributed by atoms with Gasteiger partial charge >= 0.3 is 0 Å². The van der Waals surface area contributed by atoms with Crippen LogP contribution in [-0.4, -0.2) is 76.8 Å². The Hall–Kier alpha value is -2.10. The fourth-order valence-corrected chi connectivity index (χ4v) is 6.26. The number of Topliss-reactive ketones (excluding diaryl/α,β-unsaturated/α-hetero) is 2. The van der Waals surface area contributed by atoms with Crippen LogP contribution in [0.4, 0.5) is 0 Å². The molecule has 3 rings (SSSR count). The highest BCUT2D eigenvalue weighted by molar-refractivity contribution is 6.13. The largest absolute Gasteiger partial charge is 0.493 e. The van der Waals surface area contributed by atoms with Gasteiger partial charge in [-0.3, -0.25) is 9.59 Å². The molecule has 176 valence electrons. The van der Waals surface area contributed by atoms with Crippen molar-refractivity contribution in [1.82, 2.24) is 0 Å². The molecule has 0 radical (unpaired) electrons. The molecule has 1 fully saturated rings. The summed E-state index contributed by atoms with van der Waals surface area (Å²) >= 11 is 0. The van der Waals surface area contributed by atoms with Crippen LogP contribution in [-0.2, 0) is 38.0 Å². The van der Waals surface area contributed by atoms with Crippen molar-refractivity contribution < 1.29 is 38.0 Å². The molecule has 0 aromatic rings. The topological polar surface area (TPSA) is 89.5 Å². The summed E-state index contributed by atoms with van der Waals surface area (Å²) in [7, 11) is 8.44. The molecule has 3 aliphatic rings. The third-order valence-electron chi connectivity index (χ3n) is 7.39. The summed E-state index contributed by atoms with van der Waals surface area (Å²) in [6.07, 6.45) is 7.54. The van der Waals surface area contributed by atoms with Crippen LogP contribution in [0.15, 0.2) is 48.8 Å². The highest BCUT2D eigenvalue weighted by Crippen LogP contribution is 2.80. The second-order valence-electron chi connectivity index (χ2n) is 8.18. The van der Waals surface area contributed by atoms with Gasteiger partial charge in [-0.2, -0.15) is 0 Å². The number of ketones is 2. The van der Waals surface area contributed by atoms with Crippen molar-refractivity contribution in [2.24, 2.45) is 5.41 Å². The summed E-state index contributed by atoms with van der Waals surface area (Å²) in [4.78, 5) is 27.8. The summed E-state index contributed by atoms with van der Waals surface area (Å²) in [6.45, 7) is 7.67. The second-order valence-corrected chi connectivity index (χ2v) is 8.18. The minimum absolute atomic E-state index is 0.129. The first kappa shape index (κ1) is 24.5. The molecule has 3 aliphatic carbocycles. The molecule has 0 aliphatic heterocycles. The van der Waals surface area contributed by atoms with E-state index in [1.165, 1.54) is 42.7 Å². The Morgan fingerprint density at radius 1 is 0.906 bits per heavy atom. The number of ether oxygens (including phenoxy) is 6. The zero-order valence-electron chi connectivity index (χ0n) is 19.6. The van der Waals surface area contributed by atoms with Crippen molar-refractivity contribution in [1.29, 1.82) is 0 Å². The molecule has 0 saturated heterocycles. The molecule has 0 amide bonds. The van der Waals surface area contributed by atoms with Gasteiger partial charge in [0, 0.05) is 42.0 Å². The maximum Gasteiger partial charge on any atom is 0.252 e. The SMILES string of the molecule is C=CCC1=CC(OC)(OC)C(=O)[C@@](OC)([C@@]2(OC)[C@]3(CC=C)C=C(OC)C(=O)[C@@]32OC)C1. The summed E-state index contributed by atoms with van der Waals surface area (Å²) in [5, 5.41) is 0. The van der Waals surface area contributed by atoms with Gasteiger partial charge in [-0.25, -0.2) is 0 Å². The first-order valence-corrected chi connectivity index (χ1v) is 10.3. The fraction of sp³-hybridized carbons (Fsp3) is 0.583. The standard InChI is InChI=1S/C24H32O8/c1-9-11-16-13-21(28-4,19(26)22(14-16,29-5)30-6)24(32-8)20(12-10-2)15-17(27-3)18(25)23(20,24)31-7/h9-10,14-15H,1-2,11-13H2,3-8H3/t20-,21-,23-,24+/m1/s1. The Kier molecular flexibility index (Phi) is 6.16. The van der Waals surface area contributed by atoms with Crippen molar-refractivity contribution in [3.8, 4) is 0 Å². The van der Waals surface area contributed by atoms with Gasteiger partial charge in [-0.15, -0.1) is 13.2 Å². The first-order chi connectivity index (χ1) is 15.2. The number of allylic oxidation sites excluding steroid dienone is 2. The van der Waals surface area contributed by atoms with Crippen LogP contribution < -0.4 is 0 Å². The second kappa shape index (κ2) is 8.04. The van der Waals surface area contributed by atoms with E-state index in [1.54, 1.807) is 24.3 Å². The maximum atomic E-state index is 14.2. The number of hydrogen-bond acceptors (Lipinski definition) is 8. The molecular formula is C24H32O8. The van der Waals surface area contributed by atoms with E-state index in [4.69, 9.17) is 28.4 Å². The Morgan fingerprint density at radius 3 is 2.00 bits per heavy atom. The van der Waals surface area contributed by atoms with Crippen LogP contribution in [0.25, 0.3) is 0 Å².